The van der Waals surface area contributed by atoms with Crippen molar-refractivity contribution < 1.29 is 28.2 Å². The Kier molecular flexibility index (Phi) is 5.49. The lowest BCUT2D eigenvalue weighted by Crippen LogP contribution is -2.46. The highest BCUT2D eigenvalue weighted by Crippen LogP contribution is 2.44. The first-order valence-electron chi connectivity index (χ1n) is 11.9. The average Bonchev–Trinajstić information content (AvgIpc) is 3.38. The second-order valence-electron chi connectivity index (χ2n) is 9.34. The fourth-order valence-electron chi connectivity index (χ4n) is 5.45. The maximum Gasteiger partial charge on any atom is 0.339 e. The van der Waals surface area contributed by atoms with Crippen molar-refractivity contribution >= 4 is 40.3 Å². The molecule has 186 valence electrons. The Labute approximate surface area is 210 Å². The zero-order chi connectivity index (χ0) is 25.0. The van der Waals surface area contributed by atoms with E-state index in [1.807, 2.05) is 0 Å². The number of fused-ring (bicyclic) bond motifs is 3. The van der Waals surface area contributed by atoms with Crippen molar-refractivity contribution in [2.75, 3.05) is 39.4 Å². The molecule has 36 heavy (non-hydrogen) atoms. The molecular weight excluding hydrogens is 489 g/mol. The van der Waals surface area contributed by atoms with Gasteiger partial charge in [-0.2, -0.15) is 0 Å². The van der Waals surface area contributed by atoms with E-state index in [2.05, 4.69) is 4.98 Å². The molecule has 0 atom stereocenters. The minimum Gasteiger partial charge on any atom is -0.450 e. The smallest absolute Gasteiger partial charge is 0.339 e. The summed E-state index contributed by atoms with van der Waals surface area (Å²) in [7, 11) is 0. The number of esters is 1. The van der Waals surface area contributed by atoms with E-state index in [1.165, 1.54) is 12.1 Å². The highest BCUT2D eigenvalue weighted by molar-refractivity contribution is 6.31. The number of nitrogens with zero attached hydrogens (tertiary/aromatic N) is 2. The van der Waals surface area contributed by atoms with Crippen molar-refractivity contribution in [3.63, 3.8) is 0 Å². The van der Waals surface area contributed by atoms with Gasteiger partial charge in [-0.1, -0.05) is 23.7 Å². The Hall–Kier alpha value is -3.43. The molecule has 0 radical (unpaired) electrons. The maximum atomic E-state index is 13.8. The van der Waals surface area contributed by atoms with E-state index >= 15 is 0 Å². The van der Waals surface area contributed by atoms with Crippen molar-refractivity contribution in [1.82, 2.24) is 14.8 Å². The molecule has 3 aromatic rings. The fraction of sp³-hybridized carbons (Fsp3) is 0.346. The molecular formula is C26H23ClFN3O5. The predicted molar refractivity (Wildman–Crippen MR) is 129 cm³/mol. The first-order chi connectivity index (χ1) is 17.4. The summed E-state index contributed by atoms with van der Waals surface area (Å²) in [6.45, 7) is 2.40. The summed E-state index contributed by atoms with van der Waals surface area (Å²) in [6, 6.07) is 9.24. The number of benzene rings is 2. The quantitative estimate of drug-likeness (QED) is 0.529. The Balaban J connectivity index is 1.31. The molecule has 2 fully saturated rings. The minimum atomic E-state index is -0.878. The van der Waals surface area contributed by atoms with Gasteiger partial charge in [0.1, 0.15) is 17.1 Å². The van der Waals surface area contributed by atoms with Gasteiger partial charge < -0.3 is 24.3 Å². The molecule has 1 aromatic heterocycles. The summed E-state index contributed by atoms with van der Waals surface area (Å²) in [4.78, 5) is 46.1. The lowest BCUT2D eigenvalue weighted by molar-refractivity contribution is -0.0389. The zero-order valence-corrected chi connectivity index (χ0v) is 20.1. The van der Waals surface area contributed by atoms with Gasteiger partial charge in [0.05, 0.1) is 24.3 Å². The number of aromatic amines is 1. The minimum absolute atomic E-state index is 0.229. The lowest BCUT2D eigenvalue weighted by atomic mass is 9.83. The van der Waals surface area contributed by atoms with Crippen LogP contribution in [0.1, 0.15) is 49.6 Å². The van der Waals surface area contributed by atoms with E-state index in [1.54, 1.807) is 34.1 Å². The third kappa shape index (κ3) is 3.65. The van der Waals surface area contributed by atoms with E-state index in [4.69, 9.17) is 21.1 Å². The molecule has 2 amide bonds. The van der Waals surface area contributed by atoms with Gasteiger partial charge in [-0.05, 0) is 24.3 Å². The number of halogens is 2. The third-order valence-corrected chi connectivity index (χ3v) is 7.56. The van der Waals surface area contributed by atoms with Crippen LogP contribution in [0, 0.1) is 5.82 Å². The molecule has 3 aliphatic heterocycles. The number of piperidine rings is 1. The number of hydrogen-bond donors (Lipinski definition) is 1. The normalized spacial score (nSPS) is 19.0. The number of ether oxygens (including phenoxy) is 2. The largest absolute Gasteiger partial charge is 0.450 e. The Morgan fingerprint density at radius 3 is 2.44 bits per heavy atom. The van der Waals surface area contributed by atoms with E-state index in [9.17, 15) is 18.8 Å². The number of morpholine rings is 1. The van der Waals surface area contributed by atoms with Crippen molar-refractivity contribution in [1.29, 1.82) is 0 Å². The van der Waals surface area contributed by atoms with Crippen LogP contribution >= 0.6 is 11.6 Å². The number of likely N-dealkylation sites (tertiary alicyclic amines) is 1. The molecule has 3 aliphatic rings. The van der Waals surface area contributed by atoms with E-state index in [0.29, 0.717) is 79.3 Å². The second-order valence-corrected chi connectivity index (χ2v) is 9.77. The molecule has 4 heterocycles. The van der Waals surface area contributed by atoms with Crippen molar-refractivity contribution in [2.24, 2.45) is 0 Å². The molecule has 0 saturated carbocycles. The van der Waals surface area contributed by atoms with Gasteiger partial charge in [0.25, 0.3) is 11.8 Å². The Bertz CT molecular complexity index is 1410. The number of H-pyrrole nitrogens is 1. The van der Waals surface area contributed by atoms with Gasteiger partial charge in [0, 0.05) is 60.5 Å². The first-order valence-corrected chi connectivity index (χ1v) is 12.2. The molecule has 0 bridgehead atoms. The molecule has 1 N–H and O–H groups in total. The van der Waals surface area contributed by atoms with Crippen molar-refractivity contribution in [2.45, 2.75) is 18.4 Å². The van der Waals surface area contributed by atoms with Gasteiger partial charge in [-0.15, -0.1) is 0 Å². The number of rotatable bonds is 2. The van der Waals surface area contributed by atoms with Crippen LogP contribution < -0.4 is 0 Å². The molecule has 8 nitrogen and oxygen atoms in total. The first kappa shape index (κ1) is 23.0. The van der Waals surface area contributed by atoms with Crippen LogP contribution in [-0.4, -0.2) is 72.0 Å². The summed E-state index contributed by atoms with van der Waals surface area (Å²) in [6.07, 6.45) is 0.758. The highest BCUT2D eigenvalue weighted by Gasteiger charge is 2.48. The number of amides is 2. The van der Waals surface area contributed by atoms with Gasteiger partial charge in [0.15, 0.2) is 0 Å². The lowest BCUT2D eigenvalue weighted by Gasteiger charge is -2.38. The predicted octanol–water partition coefficient (Wildman–Crippen LogP) is 3.73. The van der Waals surface area contributed by atoms with Crippen LogP contribution in [0.4, 0.5) is 4.39 Å². The Morgan fingerprint density at radius 1 is 0.972 bits per heavy atom. The average molecular weight is 512 g/mol. The van der Waals surface area contributed by atoms with Crippen LogP contribution in [0.15, 0.2) is 36.4 Å². The molecule has 2 saturated heterocycles. The number of hydrogen-bond acceptors (Lipinski definition) is 5. The van der Waals surface area contributed by atoms with Crippen molar-refractivity contribution in [3.05, 3.63) is 69.6 Å². The number of aromatic nitrogens is 1. The number of nitrogens with one attached hydrogen (secondary N) is 1. The highest BCUT2D eigenvalue weighted by atomic mass is 35.5. The maximum absolute atomic E-state index is 13.8. The van der Waals surface area contributed by atoms with Gasteiger partial charge in [0.2, 0.25) is 0 Å². The molecule has 10 heteroatoms. The van der Waals surface area contributed by atoms with E-state index in [-0.39, 0.29) is 23.1 Å². The summed E-state index contributed by atoms with van der Waals surface area (Å²) in [5, 5.41) is 1.11. The standard InChI is InChI=1S/C26H23ClFN3O5/c27-15-1-3-17-20(13-15)29-22(24(33)31-9-11-35-12-10-31)21(17)23(32)30-7-5-26(6-8-30)19-4-2-16(28)14-18(19)25(34)36-26/h1-4,13-14,29H,5-12H2. The monoisotopic (exact) mass is 511 g/mol. The summed E-state index contributed by atoms with van der Waals surface area (Å²) in [5.74, 6) is -1.58. The topological polar surface area (TPSA) is 91.9 Å². The van der Waals surface area contributed by atoms with E-state index < -0.39 is 17.4 Å². The summed E-state index contributed by atoms with van der Waals surface area (Å²) < 4.78 is 24.8. The summed E-state index contributed by atoms with van der Waals surface area (Å²) >= 11 is 6.18. The molecule has 0 unspecified atom stereocenters. The van der Waals surface area contributed by atoms with Crippen LogP contribution in [0.2, 0.25) is 5.02 Å². The van der Waals surface area contributed by atoms with Crippen LogP contribution in [0.5, 0.6) is 0 Å². The van der Waals surface area contributed by atoms with Crippen molar-refractivity contribution in [3.8, 4) is 0 Å². The molecule has 1 spiro atoms. The van der Waals surface area contributed by atoms with E-state index in [0.717, 1.165) is 0 Å². The molecule has 2 aromatic carbocycles. The summed E-state index contributed by atoms with van der Waals surface area (Å²) in [5.41, 5.74) is 1.16. The van der Waals surface area contributed by atoms with Gasteiger partial charge >= 0.3 is 5.97 Å². The van der Waals surface area contributed by atoms with Gasteiger partial charge in [-0.3, -0.25) is 9.59 Å². The Morgan fingerprint density at radius 2 is 1.69 bits per heavy atom. The zero-order valence-electron chi connectivity index (χ0n) is 19.3. The third-order valence-electron chi connectivity index (χ3n) is 7.33. The second kappa shape index (κ2) is 8.60. The number of carbonyl (C=O) groups excluding carboxylic acids is 3. The van der Waals surface area contributed by atoms with Crippen LogP contribution in [0.3, 0.4) is 0 Å². The number of carbonyl (C=O) groups is 3. The van der Waals surface area contributed by atoms with Crippen LogP contribution in [-0.2, 0) is 15.1 Å². The van der Waals surface area contributed by atoms with Gasteiger partial charge in [-0.25, -0.2) is 9.18 Å². The molecule has 6 rings (SSSR count). The molecule has 0 aliphatic carbocycles. The van der Waals surface area contributed by atoms with Crippen LogP contribution in [0.25, 0.3) is 10.9 Å². The SMILES string of the molecule is O=C1OC2(CCN(C(=O)c3c(C(=O)N4CCOCC4)[nH]c4cc(Cl)ccc34)CC2)c2ccc(F)cc21. The fourth-order valence-corrected chi connectivity index (χ4v) is 5.62.